The molecule has 186 valence electrons. The number of aliphatic hydroxyl groups is 1. The number of hydrogen-bond acceptors (Lipinski definition) is 5. The van der Waals surface area contributed by atoms with Gasteiger partial charge >= 0.3 is 0 Å². The van der Waals surface area contributed by atoms with Gasteiger partial charge in [-0.3, -0.25) is 14.6 Å². The molecule has 6 nitrogen and oxygen atoms in total. The van der Waals surface area contributed by atoms with Crippen molar-refractivity contribution in [2.45, 2.75) is 26.4 Å². The lowest BCUT2D eigenvalue weighted by Gasteiger charge is -2.26. The zero-order valence-electron chi connectivity index (χ0n) is 21.0. The highest BCUT2D eigenvalue weighted by Gasteiger charge is 2.46. The highest BCUT2D eigenvalue weighted by atomic mass is 16.3. The molecule has 5 rings (SSSR count). The van der Waals surface area contributed by atoms with Gasteiger partial charge in [0.15, 0.2) is 0 Å². The Kier molecular flexibility index (Phi) is 6.73. The number of carbonyl (C=O) groups is 2. The summed E-state index contributed by atoms with van der Waals surface area (Å²) in [5, 5.41) is 13.4. The van der Waals surface area contributed by atoms with Crippen LogP contribution >= 0.6 is 0 Å². The topological polar surface area (TPSA) is 73.7 Å². The van der Waals surface area contributed by atoms with Crippen LogP contribution in [0.4, 0.5) is 5.69 Å². The molecule has 1 aliphatic rings. The second kappa shape index (κ2) is 10.3. The molecular weight excluding hydrogens is 462 g/mol. The molecule has 1 aromatic heterocycles. The molecule has 0 saturated carbocycles. The van der Waals surface area contributed by atoms with Crippen LogP contribution < -0.4 is 4.90 Å². The standard InChI is InChI=1S/C31H29N3O3/c1-3-33(4-2)26-16-14-22(15-17-26)28-27(29(35)24-13-12-21-9-5-6-10-23(21)19-24)30(36)31(37)34(28)20-25-11-7-8-18-32-25/h5-19,28,35H,3-4,20H2,1-2H3/b29-27-. The predicted octanol–water partition coefficient (Wildman–Crippen LogP) is 5.70. The highest BCUT2D eigenvalue weighted by Crippen LogP contribution is 2.41. The van der Waals surface area contributed by atoms with Crippen molar-refractivity contribution in [2.75, 3.05) is 18.0 Å². The van der Waals surface area contributed by atoms with Gasteiger partial charge in [-0.2, -0.15) is 0 Å². The monoisotopic (exact) mass is 491 g/mol. The molecule has 1 N–H and O–H groups in total. The van der Waals surface area contributed by atoms with E-state index in [1.54, 1.807) is 18.3 Å². The minimum atomic E-state index is -0.737. The number of aromatic nitrogens is 1. The van der Waals surface area contributed by atoms with Crippen molar-refractivity contribution in [3.05, 3.63) is 114 Å². The number of nitrogens with zero attached hydrogens (tertiary/aromatic N) is 3. The van der Waals surface area contributed by atoms with Crippen molar-refractivity contribution >= 4 is 33.9 Å². The fourth-order valence-corrected chi connectivity index (χ4v) is 5.00. The van der Waals surface area contributed by atoms with Crippen LogP contribution in [0.3, 0.4) is 0 Å². The van der Waals surface area contributed by atoms with Crippen LogP contribution in [-0.2, 0) is 16.1 Å². The van der Waals surface area contributed by atoms with Gasteiger partial charge in [-0.25, -0.2) is 0 Å². The molecule has 0 bridgehead atoms. The van der Waals surface area contributed by atoms with E-state index in [0.717, 1.165) is 35.1 Å². The molecule has 1 saturated heterocycles. The summed E-state index contributed by atoms with van der Waals surface area (Å²) < 4.78 is 0. The van der Waals surface area contributed by atoms with Gasteiger partial charge in [0, 0.05) is 30.5 Å². The maximum Gasteiger partial charge on any atom is 0.296 e. The van der Waals surface area contributed by atoms with E-state index in [2.05, 4.69) is 23.7 Å². The third kappa shape index (κ3) is 4.58. The number of Topliss-reactive ketones (excluding diaryl/α,β-unsaturated/α-hetero) is 1. The Morgan fingerprint density at radius 2 is 1.59 bits per heavy atom. The number of amides is 1. The van der Waals surface area contributed by atoms with Gasteiger partial charge in [0.2, 0.25) is 0 Å². The summed E-state index contributed by atoms with van der Waals surface area (Å²) in [7, 11) is 0. The smallest absolute Gasteiger partial charge is 0.296 e. The lowest BCUT2D eigenvalue weighted by molar-refractivity contribution is -0.140. The normalized spacial score (nSPS) is 16.9. The van der Waals surface area contributed by atoms with E-state index < -0.39 is 17.7 Å². The van der Waals surface area contributed by atoms with Crippen molar-refractivity contribution in [2.24, 2.45) is 0 Å². The first kappa shape index (κ1) is 24.3. The number of fused-ring (bicyclic) bond motifs is 1. The highest BCUT2D eigenvalue weighted by molar-refractivity contribution is 6.46. The lowest BCUT2D eigenvalue weighted by atomic mass is 9.94. The molecule has 1 fully saturated rings. The number of benzene rings is 3. The molecule has 6 heteroatoms. The Balaban J connectivity index is 1.63. The van der Waals surface area contributed by atoms with Crippen molar-refractivity contribution in [3.8, 4) is 0 Å². The number of likely N-dealkylation sites (tertiary alicyclic amines) is 1. The van der Waals surface area contributed by atoms with Gasteiger partial charge in [0.25, 0.3) is 11.7 Å². The van der Waals surface area contributed by atoms with Gasteiger partial charge < -0.3 is 14.9 Å². The molecule has 0 radical (unpaired) electrons. The lowest BCUT2D eigenvalue weighted by Crippen LogP contribution is -2.29. The van der Waals surface area contributed by atoms with Crippen LogP contribution in [0, 0.1) is 0 Å². The third-order valence-electron chi connectivity index (χ3n) is 6.96. The molecule has 1 aliphatic heterocycles. The minimum Gasteiger partial charge on any atom is -0.507 e. The Hall–Kier alpha value is -4.45. The number of carbonyl (C=O) groups excluding carboxylic acids is 2. The Morgan fingerprint density at radius 1 is 0.892 bits per heavy atom. The van der Waals surface area contributed by atoms with Crippen LogP contribution in [0.25, 0.3) is 16.5 Å². The van der Waals surface area contributed by atoms with Gasteiger partial charge in [0.1, 0.15) is 5.76 Å². The third-order valence-corrected chi connectivity index (χ3v) is 6.96. The van der Waals surface area contributed by atoms with Crippen molar-refractivity contribution in [1.82, 2.24) is 9.88 Å². The average molecular weight is 492 g/mol. The van der Waals surface area contributed by atoms with E-state index in [1.807, 2.05) is 72.8 Å². The first-order valence-corrected chi connectivity index (χ1v) is 12.5. The summed E-state index contributed by atoms with van der Waals surface area (Å²) in [5.74, 6) is -1.52. The SMILES string of the molecule is CCN(CC)c1ccc(C2/C(=C(/O)c3ccc4ccccc4c3)C(=O)C(=O)N2Cc2ccccn2)cc1. The van der Waals surface area contributed by atoms with Crippen molar-refractivity contribution in [1.29, 1.82) is 0 Å². The van der Waals surface area contributed by atoms with Gasteiger partial charge in [-0.15, -0.1) is 0 Å². The van der Waals surface area contributed by atoms with Gasteiger partial charge in [-0.1, -0.05) is 54.6 Å². The maximum atomic E-state index is 13.4. The van der Waals surface area contributed by atoms with Crippen LogP contribution in [0.5, 0.6) is 0 Å². The van der Waals surface area contributed by atoms with Crippen molar-refractivity contribution in [3.63, 3.8) is 0 Å². The molecule has 1 amide bonds. The largest absolute Gasteiger partial charge is 0.507 e. The Labute approximate surface area is 216 Å². The van der Waals surface area contributed by atoms with Gasteiger partial charge in [0.05, 0.1) is 23.9 Å². The van der Waals surface area contributed by atoms with E-state index in [1.165, 1.54) is 4.90 Å². The number of aliphatic hydroxyl groups excluding tert-OH is 1. The van der Waals surface area contributed by atoms with Crippen LogP contribution in [-0.4, -0.2) is 39.8 Å². The summed E-state index contributed by atoms with van der Waals surface area (Å²) in [4.78, 5) is 34.8. The van der Waals surface area contributed by atoms with Gasteiger partial charge in [-0.05, 0) is 60.5 Å². The van der Waals surface area contributed by atoms with E-state index in [4.69, 9.17) is 0 Å². The molecule has 4 aromatic rings. The number of hydrogen-bond donors (Lipinski definition) is 1. The van der Waals surface area contributed by atoms with Crippen molar-refractivity contribution < 1.29 is 14.7 Å². The molecule has 1 atom stereocenters. The first-order valence-electron chi connectivity index (χ1n) is 12.5. The zero-order valence-corrected chi connectivity index (χ0v) is 21.0. The quantitative estimate of drug-likeness (QED) is 0.204. The summed E-state index contributed by atoms with van der Waals surface area (Å²) in [6.07, 6.45) is 1.66. The molecule has 0 spiro atoms. The van der Waals surface area contributed by atoms with E-state index >= 15 is 0 Å². The fourth-order valence-electron chi connectivity index (χ4n) is 5.00. The molecular formula is C31H29N3O3. The van der Waals surface area contributed by atoms with Crippen LogP contribution in [0.2, 0.25) is 0 Å². The van der Waals surface area contributed by atoms with Crippen LogP contribution in [0.1, 0.15) is 36.7 Å². The Morgan fingerprint density at radius 3 is 2.27 bits per heavy atom. The van der Waals surface area contributed by atoms with E-state index in [-0.39, 0.29) is 17.9 Å². The molecule has 2 heterocycles. The Bertz CT molecular complexity index is 1470. The summed E-state index contributed by atoms with van der Waals surface area (Å²) >= 11 is 0. The summed E-state index contributed by atoms with van der Waals surface area (Å²) in [6, 6.07) is 26.0. The number of anilines is 1. The number of pyridine rings is 1. The average Bonchev–Trinajstić information content (AvgIpc) is 3.19. The summed E-state index contributed by atoms with van der Waals surface area (Å²) in [6.45, 7) is 6.10. The molecule has 37 heavy (non-hydrogen) atoms. The van der Waals surface area contributed by atoms with Crippen LogP contribution in [0.15, 0.2) is 96.7 Å². The minimum absolute atomic E-state index is 0.0896. The molecule has 0 aliphatic carbocycles. The second-order valence-corrected chi connectivity index (χ2v) is 9.07. The van der Waals surface area contributed by atoms with E-state index in [0.29, 0.717) is 11.3 Å². The molecule has 3 aromatic carbocycles. The second-order valence-electron chi connectivity index (χ2n) is 9.07. The zero-order chi connectivity index (χ0) is 25.9. The predicted molar refractivity (Wildman–Crippen MR) is 146 cm³/mol. The molecule has 1 unspecified atom stereocenters. The number of ketones is 1. The maximum absolute atomic E-state index is 13.4. The summed E-state index contributed by atoms with van der Waals surface area (Å²) in [5.41, 5.74) is 3.07. The van der Waals surface area contributed by atoms with E-state index in [9.17, 15) is 14.7 Å². The number of rotatable bonds is 7. The first-order chi connectivity index (χ1) is 18.0. The fraction of sp³-hybridized carbons (Fsp3) is 0.194.